The van der Waals surface area contributed by atoms with Crippen LogP contribution in [0.25, 0.3) is 0 Å². The minimum absolute atomic E-state index is 0.00790. The number of nitrogens with one attached hydrogen (secondary N) is 2. The highest BCUT2D eigenvalue weighted by Crippen LogP contribution is 2.19. The molecule has 1 amide bonds. The van der Waals surface area contributed by atoms with Gasteiger partial charge in [-0.05, 0) is 29.5 Å². The van der Waals surface area contributed by atoms with Crippen molar-refractivity contribution in [2.75, 3.05) is 17.6 Å². The molecule has 0 fully saturated rings. The van der Waals surface area contributed by atoms with Crippen molar-refractivity contribution in [2.24, 2.45) is 0 Å². The summed E-state index contributed by atoms with van der Waals surface area (Å²) in [7, 11) is 0. The summed E-state index contributed by atoms with van der Waals surface area (Å²) in [6, 6.07) is 11.2. The Morgan fingerprint density at radius 2 is 1.97 bits per heavy atom. The van der Waals surface area contributed by atoms with E-state index >= 15 is 0 Å². The molecule has 3 rings (SSSR count). The Balaban J connectivity index is 1.57. The molecule has 0 bridgehead atoms. The van der Waals surface area contributed by atoms with Crippen LogP contribution in [0, 0.1) is 0 Å². The Bertz CT molecular complexity index is 993. The average molecular weight is 412 g/mol. The topological polar surface area (TPSA) is 132 Å². The number of para-hydroxylation sites is 1. The minimum Gasteiger partial charge on any atom is -0.456 e. The Morgan fingerprint density at radius 3 is 2.72 bits per heavy atom. The van der Waals surface area contributed by atoms with E-state index in [0.717, 1.165) is 17.7 Å². The van der Waals surface area contributed by atoms with Crippen LogP contribution < -0.4 is 16.4 Å². The lowest BCUT2D eigenvalue weighted by Gasteiger charge is -2.11. The first-order chi connectivity index (χ1) is 14.0. The summed E-state index contributed by atoms with van der Waals surface area (Å²) in [5.74, 6) is -0.474. The summed E-state index contributed by atoms with van der Waals surface area (Å²) in [5, 5.41) is 7.39. The standard InChI is InChI=1S/C19H20N6O3S/c1-2-12-6-3-4-7-13(12)22-19-24-15(23-18(20)25-19)11-28-16(26)10-21-17(27)14-8-5-9-29-14/h3-9H,2,10-11H2,1H3,(H,21,27)(H3,20,22,23,24,25). The van der Waals surface area contributed by atoms with Crippen molar-refractivity contribution in [2.45, 2.75) is 20.0 Å². The molecule has 0 aliphatic rings. The monoisotopic (exact) mass is 412 g/mol. The molecule has 0 aliphatic carbocycles. The molecule has 0 unspecified atom stereocenters. The molecule has 0 atom stereocenters. The van der Waals surface area contributed by atoms with E-state index in [2.05, 4.69) is 25.6 Å². The van der Waals surface area contributed by atoms with Crippen LogP contribution in [0.5, 0.6) is 0 Å². The molecule has 3 aromatic rings. The van der Waals surface area contributed by atoms with Crippen molar-refractivity contribution in [3.8, 4) is 0 Å². The number of thiophene rings is 1. The summed E-state index contributed by atoms with van der Waals surface area (Å²) in [5.41, 5.74) is 7.70. The molecular formula is C19H20N6O3S. The van der Waals surface area contributed by atoms with Crippen LogP contribution in [0.2, 0.25) is 0 Å². The molecule has 150 valence electrons. The highest BCUT2D eigenvalue weighted by atomic mass is 32.1. The largest absolute Gasteiger partial charge is 0.456 e. The van der Waals surface area contributed by atoms with E-state index in [9.17, 15) is 9.59 Å². The number of carbonyl (C=O) groups is 2. The van der Waals surface area contributed by atoms with Crippen LogP contribution >= 0.6 is 11.3 Å². The van der Waals surface area contributed by atoms with Crippen LogP contribution in [0.4, 0.5) is 17.6 Å². The first-order valence-electron chi connectivity index (χ1n) is 8.88. The molecule has 29 heavy (non-hydrogen) atoms. The molecule has 0 spiro atoms. The van der Waals surface area contributed by atoms with E-state index in [0.29, 0.717) is 4.88 Å². The molecule has 0 radical (unpaired) electrons. The maximum atomic E-state index is 11.9. The van der Waals surface area contributed by atoms with Gasteiger partial charge in [-0.15, -0.1) is 11.3 Å². The number of nitrogens with two attached hydrogens (primary N) is 1. The number of esters is 1. The van der Waals surface area contributed by atoms with Crippen LogP contribution in [0.3, 0.4) is 0 Å². The molecule has 1 aromatic carbocycles. The number of nitrogens with zero attached hydrogens (tertiary/aromatic N) is 3. The lowest BCUT2D eigenvalue weighted by atomic mass is 10.1. The maximum Gasteiger partial charge on any atom is 0.325 e. The van der Waals surface area contributed by atoms with Gasteiger partial charge in [0.05, 0.1) is 4.88 Å². The number of nitrogen functional groups attached to an aromatic ring is 1. The maximum absolute atomic E-state index is 11.9. The van der Waals surface area contributed by atoms with Crippen molar-refractivity contribution in [1.29, 1.82) is 0 Å². The SMILES string of the molecule is CCc1ccccc1Nc1nc(N)nc(COC(=O)CNC(=O)c2cccs2)n1. The van der Waals surface area contributed by atoms with Crippen molar-refractivity contribution in [1.82, 2.24) is 20.3 Å². The van der Waals surface area contributed by atoms with Gasteiger partial charge in [0.2, 0.25) is 11.9 Å². The third kappa shape index (κ3) is 5.72. The number of aryl methyl sites for hydroxylation is 1. The normalized spacial score (nSPS) is 10.4. The van der Waals surface area contributed by atoms with Crippen molar-refractivity contribution in [3.63, 3.8) is 0 Å². The van der Waals surface area contributed by atoms with Gasteiger partial charge in [0, 0.05) is 5.69 Å². The predicted octanol–water partition coefficient (Wildman–Crippen LogP) is 2.29. The lowest BCUT2D eigenvalue weighted by molar-refractivity contribution is -0.143. The van der Waals surface area contributed by atoms with Crippen LogP contribution in [0.15, 0.2) is 41.8 Å². The van der Waals surface area contributed by atoms with E-state index < -0.39 is 5.97 Å². The second kappa shape index (κ2) is 9.60. The van der Waals surface area contributed by atoms with Crippen LogP contribution in [0.1, 0.15) is 28.0 Å². The quantitative estimate of drug-likeness (QED) is 0.480. The van der Waals surface area contributed by atoms with Crippen LogP contribution in [-0.4, -0.2) is 33.4 Å². The number of anilines is 3. The lowest BCUT2D eigenvalue weighted by Crippen LogP contribution is -2.30. The zero-order valence-electron chi connectivity index (χ0n) is 15.7. The highest BCUT2D eigenvalue weighted by Gasteiger charge is 2.12. The first-order valence-corrected chi connectivity index (χ1v) is 9.75. The first kappa shape index (κ1) is 20.2. The van der Waals surface area contributed by atoms with Crippen molar-refractivity contribution in [3.05, 3.63) is 58.0 Å². The molecular weight excluding hydrogens is 392 g/mol. The highest BCUT2D eigenvalue weighted by molar-refractivity contribution is 7.12. The van der Waals surface area contributed by atoms with Gasteiger partial charge in [-0.2, -0.15) is 15.0 Å². The van der Waals surface area contributed by atoms with Gasteiger partial charge in [-0.1, -0.05) is 31.2 Å². The summed E-state index contributed by atoms with van der Waals surface area (Å²) in [6.45, 7) is 1.60. The minimum atomic E-state index is -0.611. The van der Waals surface area contributed by atoms with E-state index in [1.807, 2.05) is 31.2 Å². The third-order valence-corrected chi connectivity index (χ3v) is 4.71. The Morgan fingerprint density at radius 1 is 1.14 bits per heavy atom. The van der Waals surface area contributed by atoms with E-state index in [1.165, 1.54) is 11.3 Å². The summed E-state index contributed by atoms with van der Waals surface area (Å²) in [4.78, 5) is 36.5. The van der Waals surface area contributed by atoms with Gasteiger partial charge in [-0.3, -0.25) is 9.59 Å². The zero-order valence-corrected chi connectivity index (χ0v) is 16.5. The molecule has 2 heterocycles. The number of hydrogen-bond donors (Lipinski definition) is 3. The Labute approximate surface area is 171 Å². The van der Waals surface area contributed by atoms with Crippen molar-refractivity contribution >= 4 is 40.8 Å². The summed E-state index contributed by atoms with van der Waals surface area (Å²) in [6.07, 6.45) is 0.839. The fourth-order valence-corrected chi connectivity index (χ4v) is 3.11. The molecule has 4 N–H and O–H groups in total. The fourth-order valence-electron chi connectivity index (χ4n) is 2.47. The molecule has 0 saturated carbocycles. The van der Waals surface area contributed by atoms with E-state index in [-0.39, 0.29) is 36.8 Å². The Kier molecular flexibility index (Phi) is 6.69. The summed E-state index contributed by atoms with van der Waals surface area (Å²) < 4.78 is 5.11. The van der Waals surface area contributed by atoms with Gasteiger partial charge >= 0.3 is 5.97 Å². The van der Waals surface area contributed by atoms with E-state index in [4.69, 9.17) is 10.5 Å². The third-order valence-electron chi connectivity index (χ3n) is 3.84. The fraction of sp³-hybridized carbons (Fsp3) is 0.211. The van der Waals surface area contributed by atoms with E-state index in [1.54, 1.807) is 17.5 Å². The summed E-state index contributed by atoms with van der Waals surface area (Å²) >= 11 is 1.29. The number of ether oxygens (including phenoxy) is 1. The molecule has 9 nitrogen and oxygen atoms in total. The molecule has 2 aromatic heterocycles. The van der Waals surface area contributed by atoms with Gasteiger partial charge in [0.15, 0.2) is 12.4 Å². The number of amides is 1. The van der Waals surface area contributed by atoms with Gasteiger partial charge in [-0.25, -0.2) is 0 Å². The Hall–Kier alpha value is -3.53. The number of carbonyl (C=O) groups excluding carboxylic acids is 2. The van der Waals surface area contributed by atoms with Crippen LogP contribution in [-0.2, 0) is 22.6 Å². The predicted molar refractivity (Wildman–Crippen MR) is 110 cm³/mol. The average Bonchev–Trinajstić information content (AvgIpc) is 3.25. The van der Waals surface area contributed by atoms with Crippen molar-refractivity contribution < 1.29 is 14.3 Å². The molecule has 0 aliphatic heterocycles. The zero-order chi connectivity index (χ0) is 20.6. The van der Waals surface area contributed by atoms with Gasteiger partial charge in [0.25, 0.3) is 5.91 Å². The molecule has 0 saturated heterocycles. The smallest absolute Gasteiger partial charge is 0.325 e. The second-order valence-electron chi connectivity index (χ2n) is 5.89. The number of aromatic nitrogens is 3. The number of benzene rings is 1. The number of hydrogen-bond acceptors (Lipinski definition) is 9. The second-order valence-corrected chi connectivity index (χ2v) is 6.84. The number of rotatable bonds is 8. The van der Waals surface area contributed by atoms with Gasteiger partial charge < -0.3 is 21.1 Å². The van der Waals surface area contributed by atoms with Gasteiger partial charge in [0.1, 0.15) is 6.54 Å². The molecule has 10 heteroatoms.